The number of methoxy groups -OCH3 is 1. The highest BCUT2D eigenvalue weighted by Crippen LogP contribution is 2.34. The van der Waals surface area contributed by atoms with Crippen molar-refractivity contribution in [3.05, 3.63) is 47.1 Å². The minimum atomic E-state index is 0.520. The summed E-state index contributed by atoms with van der Waals surface area (Å²) < 4.78 is 10.3. The van der Waals surface area contributed by atoms with Crippen molar-refractivity contribution in [2.45, 2.75) is 31.6 Å². The van der Waals surface area contributed by atoms with E-state index in [2.05, 4.69) is 34.4 Å². The summed E-state index contributed by atoms with van der Waals surface area (Å²) in [6.45, 7) is 0.630. The van der Waals surface area contributed by atoms with Crippen LogP contribution in [0.15, 0.2) is 28.8 Å². The quantitative estimate of drug-likeness (QED) is 0.827. The van der Waals surface area contributed by atoms with Gasteiger partial charge in [-0.25, -0.2) is 0 Å². The number of aromatic nitrogens is 2. The normalized spacial score (nSPS) is 17.6. The number of ether oxygens (including phenoxy) is 1. The van der Waals surface area contributed by atoms with E-state index < -0.39 is 0 Å². The largest absolute Gasteiger partial charge is 0.384 e. The monoisotopic (exact) mass is 258 g/mol. The van der Waals surface area contributed by atoms with Crippen LogP contribution in [-0.4, -0.2) is 23.9 Å². The third-order valence-electron chi connectivity index (χ3n) is 3.72. The molecule has 19 heavy (non-hydrogen) atoms. The van der Waals surface area contributed by atoms with Crippen molar-refractivity contribution in [3.63, 3.8) is 0 Å². The second-order valence-corrected chi connectivity index (χ2v) is 4.99. The summed E-state index contributed by atoms with van der Waals surface area (Å²) >= 11 is 0. The Morgan fingerprint density at radius 1 is 1.37 bits per heavy atom. The van der Waals surface area contributed by atoms with Gasteiger partial charge < -0.3 is 9.26 Å². The lowest BCUT2D eigenvalue weighted by Gasteiger charge is -2.07. The molecule has 0 N–H and O–H groups in total. The third kappa shape index (κ3) is 2.68. The molecule has 1 aromatic carbocycles. The average Bonchev–Trinajstić information content (AvgIpc) is 3.05. The second-order valence-electron chi connectivity index (χ2n) is 4.99. The summed E-state index contributed by atoms with van der Waals surface area (Å²) in [6.07, 6.45) is 3.89. The lowest BCUT2D eigenvalue weighted by atomic mass is 9.98. The van der Waals surface area contributed by atoms with Gasteiger partial charge >= 0.3 is 0 Å². The fraction of sp³-hybridized carbons (Fsp3) is 0.467. The number of hydrogen-bond acceptors (Lipinski definition) is 4. The van der Waals surface area contributed by atoms with Crippen LogP contribution in [0, 0.1) is 0 Å². The van der Waals surface area contributed by atoms with E-state index in [0.29, 0.717) is 18.9 Å². The zero-order valence-corrected chi connectivity index (χ0v) is 11.1. The van der Waals surface area contributed by atoms with Gasteiger partial charge in [0.15, 0.2) is 5.82 Å². The van der Waals surface area contributed by atoms with Gasteiger partial charge in [0.25, 0.3) is 0 Å². The molecule has 1 aliphatic rings. The van der Waals surface area contributed by atoms with E-state index in [1.54, 1.807) is 7.11 Å². The third-order valence-corrected chi connectivity index (χ3v) is 3.72. The first kappa shape index (κ1) is 12.4. The average molecular weight is 258 g/mol. The molecule has 4 heteroatoms. The maximum absolute atomic E-state index is 5.32. The topological polar surface area (TPSA) is 48.2 Å². The molecule has 0 fully saturated rings. The van der Waals surface area contributed by atoms with Crippen LogP contribution in [-0.2, 0) is 24.0 Å². The molecule has 0 aliphatic heterocycles. The molecule has 4 nitrogen and oxygen atoms in total. The van der Waals surface area contributed by atoms with Crippen LogP contribution >= 0.6 is 0 Å². The Morgan fingerprint density at radius 3 is 3.16 bits per heavy atom. The van der Waals surface area contributed by atoms with Gasteiger partial charge in [0.1, 0.15) is 0 Å². The fourth-order valence-corrected chi connectivity index (χ4v) is 2.74. The van der Waals surface area contributed by atoms with Gasteiger partial charge in [-0.2, -0.15) is 4.98 Å². The molecule has 0 bridgehead atoms. The SMILES string of the molecule is COCCc1noc(C[C@@H]2CCc3ccccc32)n1. The Kier molecular flexibility index (Phi) is 3.60. The predicted molar refractivity (Wildman–Crippen MR) is 71.1 cm³/mol. The summed E-state index contributed by atoms with van der Waals surface area (Å²) in [5.41, 5.74) is 2.91. The summed E-state index contributed by atoms with van der Waals surface area (Å²) in [4.78, 5) is 4.43. The summed E-state index contributed by atoms with van der Waals surface area (Å²) in [7, 11) is 1.68. The maximum atomic E-state index is 5.32. The molecule has 0 amide bonds. The molecule has 1 heterocycles. The van der Waals surface area contributed by atoms with Gasteiger partial charge in [-0.15, -0.1) is 0 Å². The molecule has 2 aromatic rings. The van der Waals surface area contributed by atoms with Crippen LogP contribution in [0.2, 0.25) is 0 Å². The zero-order valence-electron chi connectivity index (χ0n) is 11.1. The minimum Gasteiger partial charge on any atom is -0.384 e. The van der Waals surface area contributed by atoms with Crippen LogP contribution in [0.1, 0.15) is 35.2 Å². The standard InChI is InChI=1S/C15H18N2O2/c1-18-9-8-14-16-15(19-17-14)10-12-7-6-11-4-2-3-5-13(11)12/h2-5,12H,6-10H2,1H3/t12-/m0/s1. The highest BCUT2D eigenvalue weighted by Gasteiger charge is 2.24. The van der Waals surface area contributed by atoms with Crippen LogP contribution in [0.5, 0.6) is 0 Å². The molecule has 0 spiro atoms. The van der Waals surface area contributed by atoms with Crippen LogP contribution in [0.3, 0.4) is 0 Å². The van der Waals surface area contributed by atoms with Crippen molar-refractivity contribution < 1.29 is 9.26 Å². The van der Waals surface area contributed by atoms with Crippen LogP contribution < -0.4 is 0 Å². The van der Waals surface area contributed by atoms with Crippen molar-refractivity contribution in [3.8, 4) is 0 Å². The molecule has 0 radical (unpaired) electrons. The van der Waals surface area contributed by atoms with Gasteiger partial charge in [0.2, 0.25) is 5.89 Å². The van der Waals surface area contributed by atoms with Crippen molar-refractivity contribution >= 4 is 0 Å². The fourth-order valence-electron chi connectivity index (χ4n) is 2.74. The van der Waals surface area contributed by atoms with E-state index in [9.17, 15) is 0 Å². The predicted octanol–water partition coefficient (Wildman–Crippen LogP) is 2.53. The van der Waals surface area contributed by atoms with Gasteiger partial charge in [-0.05, 0) is 29.9 Å². The molecule has 1 atom stereocenters. The number of aryl methyl sites for hydroxylation is 1. The Morgan fingerprint density at radius 2 is 2.26 bits per heavy atom. The first-order chi connectivity index (χ1) is 9.36. The smallest absolute Gasteiger partial charge is 0.227 e. The van der Waals surface area contributed by atoms with Gasteiger partial charge in [0, 0.05) is 20.0 Å². The van der Waals surface area contributed by atoms with E-state index in [1.165, 1.54) is 17.5 Å². The minimum absolute atomic E-state index is 0.520. The Labute approximate surface area is 112 Å². The number of nitrogens with zero attached hydrogens (tertiary/aromatic N) is 2. The molecule has 0 saturated carbocycles. The van der Waals surface area contributed by atoms with Gasteiger partial charge in [0.05, 0.1) is 6.61 Å². The first-order valence-electron chi connectivity index (χ1n) is 6.75. The van der Waals surface area contributed by atoms with Crippen molar-refractivity contribution in [2.75, 3.05) is 13.7 Å². The second kappa shape index (κ2) is 5.53. The van der Waals surface area contributed by atoms with E-state index >= 15 is 0 Å². The Balaban J connectivity index is 1.68. The molecule has 0 unspecified atom stereocenters. The van der Waals surface area contributed by atoms with Crippen molar-refractivity contribution in [1.29, 1.82) is 0 Å². The highest BCUT2D eigenvalue weighted by molar-refractivity contribution is 5.35. The summed E-state index contributed by atoms with van der Waals surface area (Å²) in [6, 6.07) is 8.65. The maximum Gasteiger partial charge on any atom is 0.227 e. The van der Waals surface area contributed by atoms with E-state index in [-0.39, 0.29) is 0 Å². The van der Waals surface area contributed by atoms with Crippen LogP contribution in [0.25, 0.3) is 0 Å². The number of hydrogen-bond donors (Lipinski definition) is 0. The van der Waals surface area contributed by atoms with Crippen molar-refractivity contribution in [1.82, 2.24) is 10.1 Å². The molecule has 0 saturated heterocycles. The van der Waals surface area contributed by atoms with E-state index in [4.69, 9.17) is 9.26 Å². The van der Waals surface area contributed by atoms with Gasteiger partial charge in [-0.1, -0.05) is 29.4 Å². The van der Waals surface area contributed by atoms with Crippen LogP contribution in [0.4, 0.5) is 0 Å². The number of fused-ring (bicyclic) bond motifs is 1. The molecule has 1 aliphatic carbocycles. The first-order valence-corrected chi connectivity index (χ1v) is 6.75. The summed E-state index contributed by atoms with van der Waals surface area (Å²) in [5.74, 6) is 2.00. The molecular formula is C15H18N2O2. The van der Waals surface area contributed by atoms with Crippen molar-refractivity contribution in [2.24, 2.45) is 0 Å². The molecule has 100 valence electrons. The zero-order chi connectivity index (χ0) is 13.1. The Bertz CT molecular complexity index is 551. The van der Waals surface area contributed by atoms with Gasteiger partial charge in [-0.3, -0.25) is 0 Å². The lowest BCUT2D eigenvalue weighted by Crippen LogP contribution is -2.00. The molecule has 1 aromatic heterocycles. The molecular weight excluding hydrogens is 240 g/mol. The van der Waals surface area contributed by atoms with E-state index in [0.717, 1.165) is 24.6 Å². The van der Waals surface area contributed by atoms with E-state index in [1.807, 2.05) is 0 Å². The summed E-state index contributed by atoms with van der Waals surface area (Å²) in [5, 5.41) is 3.99. The highest BCUT2D eigenvalue weighted by atomic mass is 16.5. The molecule has 3 rings (SSSR count). The number of benzene rings is 1. The Hall–Kier alpha value is -1.68. The number of rotatable bonds is 5. The lowest BCUT2D eigenvalue weighted by molar-refractivity contribution is 0.199.